The van der Waals surface area contributed by atoms with E-state index in [2.05, 4.69) is 19.2 Å². The molecule has 0 aromatic carbocycles. The van der Waals surface area contributed by atoms with E-state index < -0.39 is 11.5 Å². The van der Waals surface area contributed by atoms with Crippen molar-refractivity contribution in [3.05, 3.63) is 0 Å². The van der Waals surface area contributed by atoms with Crippen LogP contribution in [0.4, 0.5) is 0 Å². The number of carboxylic acids is 1. The number of ether oxygens (including phenoxy) is 1. The summed E-state index contributed by atoms with van der Waals surface area (Å²) in [5, 5.41) is 12.1. The summed E-state index contributed by atoms with van der Waals surface area (Å²) in [6.07, 6.45) is 1.14. The van der Waals surface area contributed by atoms with Crippen LogP contribution in [-0.4, -0.2) is 36.4 Å². The van der Waals surface area contributed by atoms with Crippen LogP contribution in [-0.2, 0) is 9.53 Å². The first kappa shape index (κ1) is 11.5. The lowest BCUT2D eigenvalue weighted by Gasteiger charge is -2.38. The number of rotatable bonds is 3. The third-order valence-electron chi connectivity index (χ3n) is 3.04. The molecule has 82 valence electrons. The third kappa shape index (κ3) is 2.07. The van der Waals surface area contributed by atoms with Gasteiger partial charge in [0.1, 0.15) is 5.54 Å². The van der Waals surface area contributed by atoms with Crippen molar-refractivity contribution in [2.75, 3.05) is 13.7 Å². The third-order valence-corrected chi connectivity index (χ3v) is 3.04. The van der Waals surface area contributed by atoms with Gasteiger partial charge < -0.3 is 15.2 Å². The van der Waals surface area contributed by atoms with E-state index in [4.69, 9.17) is 4.74 Å². The van der Waals surface area contributed by atoms with Gasteiger partial charge in [0.15, 0.2) is 0 Å². The topological polar surface area (TPSA) is 58.6 Å². The van der Waals surface area contributed by atoms with Crippen molar-refractivity contribution in [2.45, 2.75) is 38.3 Å². The number of hydrogen-bond acceptors (Lipinski definition) is 3. The fourth-order valence-corrected chi connectivity index (χ4v) is 1.85. The molecule has 0 amide bonds. The molecular formula is C10H19NO3. The average molecular weight is 201 g/mol. The van der Waals surface area contributed by atoms with Crippen LogP contribution in [0.2, 0.25) is 0 Å². The van der Waals surface area contributed by atoms with Crippen molar-refractivity contribution in [1.82, 2.24) is 5.32 Å². The summed E-state index contributed by atoms with van der Waals surface area (Å²) in [5.41, 5.74) is -0.785. The smallest absolute Gasteiger partial charge is 0.324 e. The molecule has 1 saturated heterocycles. The lowest BCUT2D eigenvalue weighted by molar-refractivity contribution is -0.153. The first-order chi connectivity index (χ1) is 6.52. The Bertz CT molecular complexity index is 217. The molecular weight excluding hydrogens is 182 g/mol. The first-order valence-corrected chi connectivity index (χ1v) is 5.06. The second-order valence-corrected chi connectivity index (χ2v) is 4.24. The lowest BCUT2D eigenvalue weighted by Crippen LogP contribution is -2.56. The second kappa shape index (κ2) is 4.28. The van der Waals surface area contributed by atoms with Crippen molar-refractivity contribution < 1.29 is 14.6 Å². The minimum Gasteiger partial charge on any atom is -0.480 e. The Morgan fingerprint density at radius 2 is 2.29 bits per heavy atom. The zero-order valence-corrected chi connectivity index (χ0v) is 9.04. The predicted molar refractivity (Wildman–Crippen MR) is 53.2 cm³/mol. The van der Waals surface area contributed by atoms with Gasteiger partial charge in [-0.15, -0.1) is 0 Å². The molecule has 0 saturated carbocycles. The summed E-state index contributed by atoms with van der Waals surface area (Å²) >= 11 is 0. The largest absolute Gasteiger partial charge is 0.480 e. The van der Waals surface area contributed by atoms with Gasteiger partial charge in [-0.2, -0.15) is 0 Å². The fraction of sp³-hybridized carbons (Fsp3) is 0.900. The highest BCUT2D eigenvalue weighted by Gasteiger charge is 2.42. The van der Waals surface area contributed by atoms with Crippen LogP contribution in [0.15, 0.2) is 0 Å². The van der Waals surface area contributed by atoms with Crippen molar-refractivity contribution in [1.29, 1.82) is 0 Å². The van der Waals surface area contributed by atoms with Crippen LogP contribution in [0.5, 0.6) is 0 Å². The Morgan fingerprint density at radius 1 is 1.64 bits per heavy atom. The maximum absolute atomic E-state index is 11.2. The van der Waals surface area contributed by atoms with Crippen LogP contribution < -0.4 is 5.32 Å². The van der Waals surface area contributed by atoms with E-state index in [-0.39, 0.29) is 6.10 Å². The number of likely N-dealkylation sites (N-methyl/N-ethyl adjacent to an activating group) is 1. The standard InChI is InChI=1S/C10H19NO3/c1-7(2)8-6-10(11-3,9(12)13)4-5-14-8/h7-8,11H,4-6H2,1-3H3,(H,12,13). The number of hydrogen-bond donors (Lipinski definition) is 2. The number of nitrogens with one attached hydrogen (secondary N) is 1. The fourth-order valence-electron chi connectivity index (χ4n) is 1.85. The highest BCUT2D eigenvalue weighted by atomic mass is 16.5. The zero-order valence-electron chi connectivity index (χ0n) is 9.04. The van der Waals surface area contributed by atoms with Gasteiger partial charge in [0.05, 0.1) is 6.10 Å². The number of aliphatic carboxylic acids is 1. The molecule has 0 radical (unpaired) electrons. The molecule has 0 spiro atoms. The molecule has 2 atom stereocenters. The second-order valence-electron chi connectivity index (χ2n) is 4.24. The summed E-state index contributed by atoms with van der Waals surface area (Å²) in [6.45, 7) is 4.63. The minimum absolute atomic E-state index is 0.0484. The normalized spacial score (nSPS) is 33.3. The SMILES string of the molecule is CNC1(C(=O)O)CCOC(C(C)C)C1. The van der Waals surface area contributed by atoms with Gasteiger partial charge in [0, 0.05) is 13.0 Å². The number of carboxylic acid groups (broad SMARTS) is 1. The van der Waals surface area contributed by atoms with Gasteiger partial charge in [-0.05, 0) is 19.4 Å². The van der Waals surface area contributed by atoms with E-state index >= 15 is 0 Å². The molecule has 1 rings (SSSR count). The molecule has 1 heterocycles. The van der Waals surface area contributed by atoms with Crippen LogP contribution in [0.1, 0.15) is 26.7 Å². The van der Waals surface area contributed by atoms with Gasteiger partial charge in [-0.25, -0.2) is 0 Å². The van der Waals surface area contributed by atoms with Gasteiger partial charge in [-0.1, -0.05) is 13.8 Å². The Hall–Kier alpha value is -0.610. The molecule has 1 fully saturated rings. The van der Waals surface area contributed by atoms with Crippen LogP contribution in [0.3, 0.4) is 0 Å². The Kier molecular flexibility index (Phi) is 3.50. The van der Waals surface area contributed by atoms with E-state index in [0.29, 0.717) is 25.4 Å². The molecule has 0 bridgehead atoms. The van der Waals surface area contributed by atoms with E-state index in [1.165, 1.54) is 0 Å². The highest BCUT2D eigenvalue weighted by Crippen LogP contribution is 2.28. The van der Waals surface area contributed by atoms with E-state index in [1.54, 1.807) is 7.05 Å². The quantitative estimate of drug-likeness (QED) is 0.711. The summed E-state index contributed by atoms with van der Waals surface area (Å²) < 4.78 is 5.54. The van der Waals surface area contributed by atoms with E-state index in [0.717, 1.165) is 0 Å². The summed E-state index contributed by atoms with van der Waals surface area (Å²) in [5.74, 6) is -0.406. The lowest BCUT2D eigenvalue weighted by atomic mass is 9.83. The molecule has 2 unspecified atom stereocenters. The van der Waals surface area contributed by atoms with Crippen molar-refractivity contribution in [3.8, 4) is 0 Å². The molecule has 4 nitrogen and oxygen atoms in total. The Balaban J connectivity index is 2.74. The Labute approximate surface area is 84.6 Å². The molecule has 0 aromatic heterocycles. The highest BCUT2D eigenvalue weighted by molar-refractivity contribution is 5.79. The van der Waals surface area contributed by atoms with E-state index in [1.807, 2.05) is 0 Å². The molecule has 1 aliphatic rings. The summed E-state index contributed by atoms with van der Waals surface area (Å²) in [4.78, 5) is 11.2. The van der Waals surface area contributed by atoms with Gasteiger partial charge in [0.2, 0.25) is 0 Å². The van der Waals surface area contributed by atoms with Gasteiger partial charge >= 0.3 is 5.97 Å². The Morgan fingerprint density at radius 3 is 2.71 bits per heavy atom. The zero-order chi connectivity index (χ0) is 10.8. The molecule has 0 aliphatic carbocycles. The van der Waals surface area contributed by atoms with E-state index in [9.17, 15) is 9.90 Å². The molecule has 4 heteroatoms. The maximum atomic E-state index is 11.2. The molecule has 1 aliphatic heterocycles. The van der Waals surface area contributed by atoms with Crippen LogP contribution >= 0.6 is 0 Å². The predicted octanol–water partition coefficient (Wildman–Crippen LogP) is 0.864. The minimum atomic E-state index is -0.785. The maximum Gasteiger partial charge on any atom is 0.324 e. The number of carbonyl (C=O) groups is 1. The monoisotopic (exact) mass is 201 g/mol. The van der Waals surface area contributed by atoms with Crippen LogP contribution in [0.25, 0.3) is 0 Å². The molecule has 0 aromatic rings. The van der Waals surface area contributed by atoms with Crippen LogP contribution in [0, 0.1) is 5.92 Å². The van der Waals surface area contributed by atoms with Crippen molar-refractivity contribution in [3.63, 3.8) is 0 Å². The molecule has 2 N–H and O–H groups in total. The van der Waals surface area contributed by atoms with Crippen molar-refractivity contribution in [2.24, 2.45) is 5.92 Å². The van der Waals surface area contributed by atoms with Gasteiger partial charge in [-0.3, -0.25) is 4.79 Å². The summed E-state index contributed by atoms with van der Waals surface area (Å²) in [6, 6.07) is 0. The first-order valence-electron chi connectivity index (χ1n) is 5.06. The summed E-state index contributed by atoms with van der Waals surface area (Å²) in [7, 11) is 1.71. The van der Waals surface area contributed by atoms with Gasteiger partial charge in [0.25, 0.3) is 0 Å². The molecule has 14 heavy (non-hydrogen) atoms. The van der Waals surface area contributed by atoms with Crippen molar-refractivity contribution >= 4 is 5.97 Å². The average Bonchev–Trinajstić information content (AvgIpc) is 2.17.